The monoisotopic (exact) mass is 269 g/mol. The Hall–Kier alpha value is -0.910. The molecule has 0 fully saturated rings. The first-order valence-electron chi connectivity index (χ1n) is 6.35. The third-order valence-corrected chi connectivity index (χ3v) is 4.39. The van der Waals surface area contributed by atoms with Gasteiger partial charge in [0.05, 0.1) is 18.1 Å². The molecule has 2 N–H and O–H groups in total. The molecule has 4 nitrogen and oxygen atoms in total. The zero-order valence-corrected chi connectivity index (χ0v) is 11.4. The Balaban J connectivity index is 2.02. The van der Waals surface area contributed by atoms with Gasteiger partial charge >= 0.3 is 0 Å². The minimum absolute atomic E-state index is 0.0327. The van der Waals surface area contributed by atoms with Gasteiger partial charge in [-0.25, -0.2) is 0 Å². The first-order chi connectivity index (χ1) is 8.74. The Bertz CT molecular complexity index is 393. The Morgan fingerprint density at radius 2 is 2.50 bits per heavy atom. The molecule has 0 bridgehead atoms. The Morgan fingerprint density at radius 1 is 1.67 bits per heavy atom. The molecule has 1 aromatic rings. The molecule has 1 unspecified atom stereocenters. The van der Waals surface area contributed by atoms with Crippen LogP contribution in [0.1, 0.15) is 39.9 Å². The lowest BCUT2D eigenvalue weighted by molar-refractivity contribution is 0.0932. The zero-order chi connectivity index (χ0) is 13.0. The molecule has 100 valence electrons. The average Bonchev–Trinajstić information content (AvgIpc) is 2.82. The molecule has 1 aliphatic rings. The van der Waals surface area contributed by atoms with Crippen molar-refractivity contribution in [1.82, 2.24) is 5.32 Å². The van der Waals surface area contributed by atoms with Gasteiger partial charge in [0.2, 0.25) is 0 Å². The number of rotatable bonds is 5. The van der Waals surface area contributed by atoms with Gasteiger partial charge in [-0.15, -0.1) is 11.3 Å². The Morgan fingerprint density at radius 3 is 3.17 bits per heavy atom. The number of ether oxygens (including phenoxy) is 1. The molecule has 18 heavy (non-hydrogen) atoms. The van der Waals surface area contributed by atoms with E-state index in [2.05, 4.69) is 5.32 Å². The number of hydrogen-bond donors (Lipinski definition) is 2. The third-order valence-electron chi connectivity index (χ3n) is 3.16. The van der Waals surface area contributed by atoms with E-state index in [4.69, 9.17) is 9.84 Å². The largest absolute Gasteiger partial charge is 0.396 e. The van der Waals surface area contributed by atoms with Crippen LogP contribution in [0.2, 0.25) is 0 Å². The van der Waals surface area contributed by atoms with Crippen molar-refractivity contribution < 1.29 is 14.6 Å². The van der Waals surface area contributed by atoms with Gasteiger partial charge in [0.1, 0.15) is 0 Å². The van der Waals surface area contributed by atoms with E-state index < -0.39 is 0 Å². The summed E-state index contributed by atoms with van der Waals surface area (Å²) in [5, 5.41) is 11.9. The molecule has 2 heterocycles. The van der Waals surface area contributed by atoms with Crippen molar-refractivity contribution in [3.05, 3.63) is 21.4 Å². The highest BCUT2D eigenvalue weighted by atomic mass is 32.1. The van der Waals surface area contributed by atoms with Crippen LogP contribution in [0.15, 0.2) is 6.07 Å². The molecule has 0 saturated carbocycles. The van der Waals surface area contributed by atoms with Gasteiger partial charge in [0, 0.05) is 23.9 Å². The maximum atomic E-state index is 12.1. The number of thiophene rings is 1. The summed E-state index contributed by atoms with van der Waals surface area (Å²) in [6.07, 6.45) is 2.35. The second-order valence-electron chi connectivity index (χ2n) is 4.45. The van der Waals surface area contributed by atoms with Crippen molar-refractivity contribution in [3.8, 4) is 0 Å². The molecule has 0 radical (unpaired) electrons. The molecule has 0 aromatic carbocycles. The van der Waals surface area contributed by atoms with E-state index in [1.54, 1.807) is 11.3 Å². The maximum absolute atomic E-state index is 12.1. The van der Waals surface area contributed by atoms with Crippen LogP contribution in [-0.2, 0) is 17.8 Å². The highest BCUT2D eigenvalue weighted by molar-refractivity contribution is 7.14. The number of aliphatic hydroxyl groups is 1. The molecule has 1 amide bonds. The van der Waals surface area contributed by atoms with Crippen molar-refractivity contribution in [2.24, 2.45) is 0 Å². The first kappa shape index (κ1) is 13.5. The van der Waals surface area contributed by atoms with Crippen molar-refractivity contribution in [2.45, 2.75) is 38.8 Å². The molecule has 1 atom stereocenters. The Kier molecular flexibility index (Phi) is 4.74. The van der Waals surface area contributed by atoms with Crippen molar-refractivity contribution in [2.75, 3.05) is 13.2 Å². The van der Waals surface area contributed by atoms with Crippen LogP contribution in [0.3, 0.4) is 0 Å². The predicted octanol–water partition coefficient (Wildman–Crippen LogP) is 1.71. The molecule has 1 aliphatic heterocycles. The van der Waals surface area contributed by atoms with Crippen molar-refractivity contribution in [3.63, 3.8) is 0 Å². The minimum Gasteiger partial charge on any atom is -0.396 e. The smallest absolute Gasteiger partial charge is 0.261 e. The van der Waals surface area contributed by atoms with Crippen LogP contribution in [-0.4, -0.2) is 30.3 Å². The average molecular weight is 269 g/mol. The van der Waals surface area contributed by atoms with Gasteiger partial charge in [-0.05, 0) is 24.5 Å². The van der Waals surface area contributed by atoms with Crippen molar-refractivity contribution in [1.29, 1.82) is 0 Å². The SMILES string of the molecule is CCC(CCO)NC(=O)c1cc2c(s1)CCOC2. The summed E-state index contributed by atoms with van der Waals surface area (Å²) in [4.78, 5) is 14.1. The Labute approximate surface area is 111 Å². The van der Waals surface area contributed by atoms with Crippen molar-refractivity contribution >= 4 is 17.2 Å². The van der Waals surface area contributed by atoms with E-state index in [0.717, 1.165) is 29.9 Å². The van der Waals surface area contributed by atoms with Gasteiger partial charge in [0.15, 0.2) is 0 Å². The quantitative estimate of drug-likeness (QED) is 0.855. The number of amides is 1. The summed E-state index contributed by atoms with van der Waals surface area (Å²) < 4.78 is 5.37. The third kappa shape index (κ3) is 3.10. The van der Waals surface area contributed by atoms with Crippen LogP contribution in [0.5, 0.6) is 0 Å². The second-order valence-corrected chi connectivity index (χ2v) is 5.59. The lowest BCUT2D eigenvalue weighted by atomic mass is 10.1. The number of carbonyl (C=O) groups excluding carboxylic acids is 1. The molecule has 2 rings (SSSR count). The molecule has 0 aliphatic carbocycles. The van der Waals surface area contributed by atoms with Crippen LogP contribution < -0.4 is 5.32 Å². The topological polar surface area (TPSA) is 58.6 Å². The van der Waals surface area contributed by atoms with Crippen LogP contribution >= 0.6 is 11.3 Å². The summed E-state index contributed by atoms with van der Waals surface area (Å²) in [7, 11) is 0. The molecule has 1 aromatic heterocycles. The minimum atomic E-state index is -0.0327. The van der Waals surface area contributed by atoms with Crippen LogP contribution in [0.4, 0.5) is 0 Å². The van der Waals surface area contributed by atoms with Gasteiger partial charge in [0.25, 0.3) is 5.91 Å². The molecular formula is C13H19NO3S. The van der Waals surface area contributed by atoms with E-state index in [1.807, 2.05) is 13.0 Å². The van der Waals surface area contributed by atoms with Gasteiger partial charge in [-0.3, -0.25) is 4.79 Å². The van der Waals surface area contributed by atoms with E-state index >= 15 is 0 Å². The summed E-state index contributed by atoms with van der Waals surface area (Å²) >= 11 is 1.56. The summed E-state index contributed by atoms with van der Waals surface area (Å²) in [6, 6.07) is 1.98. The highest BCUT2D eigenvalue weighted by Crippen LogP contribution is 2.27. The second kappa shape index (κ2) is 6.31. The standard InChI is InChI=1S/C13H19NO3S/c1-2-10(3-5-15)14-13(16)12-7-9-8-17-6-4-11(9)18-12/h7,10,15H,2-6,8H2,1H3,(H,14,16). The fourth-order valence-corrected chi connectivity index (χ4v) is 3.10. The summed E-state index contributed by atoms with van der Waals surface area (Å²) in [6.45, 7) is 3.48. The number of aliphatic hydroxyl groups excluding tert-OH is 1. The summed E-state index contributed by atoms with van der Waals surface area (Å²) in [5.41, 5.74) is 1.15. The maximum Gasteiger partial charge on any atom is 0.261 e. The highest BCUT2D eigenvalue weighted by Gasteiger charge is 2.19. The number of carbonyl (C=O) groups is 1. The van der Waals surface area contributed by atoms with Crippen LogP contribution in [0.25, 0.3) is 0 Å². The van der Waals surface area contributed by atoms with Gasteiger partial charge < -0.3 is 15.2 Å². The number of nitrogens with one attached hydrogen (secondary N) is 1. The lowest BCUT2D eigenvalue weighted by Crippen LogP contribution is -2.34. The summed E-state index contributed by atoms with van der Waals surface area (Å²) in [5.74, 6) is -0.0327. The van der Waals surface area contributed by atoms with Crippen LogP contribution in [0, 0.1) is 0 Å². The van der Waals surface area contributed by atoms with E-state index in [1.165, 1.54) is 4.88 Å². The van der Waals surface area contributed by atoms with E-state index in [9.17, 15) is 4.79 Å². The normalized spacial score (nSPS) is 16.1. The van der Waals surface area contributed by atoms with Gasteiger partial charge in [-0.1, -0.05) is 6.92 Å². The fourth-order valence-electron chi connectivity index (χ4n) is 2.05. The lowest BCUT2D eigenvalue weighted by Gasteiger charge is -2.14. The molecule has 0 saturated heterocycles. The number of fused-ring (bicyclic) bond motifs is 1. The predicted molar refractivity (Wildman–Crippen MR) is 70.9 cm³/mol. The first-order valence-corrected chi connectivity index (χ1v) is 7.17. The molecular weight excluding hydrogens is 250 g/mol. The zero-order valence-electron chi connectivity index (χ0n) is 10.6. The number of hydrogen-bond acceptors (Lipinski definition) is 4. The van der Waals surface area contributed by atoms with Gasteiger partial charge in [-0.2, -0.15) is 0 Å². The molecule has 5 heteroatoms. The van der Waals surface area contributed by atoms with E-state index in [-0.39, 0.29) is 18.6 Å². The fraction of sp³-hybridized carbons (Fsp3) is 0.615. The van der Waals surface area contributed by atoms with E-state index in [0.29, 0.717) is 13.0 Å². The molecule has 0 spiro atoms.